The lowest BCUT2D eigenvalue weighted by atomic mass is 10.1. The maximum atomic E-state index is 12.7. The van der Waals surface area contributed by atoms with Gasteiger partial charge in [-0.25, -0.2) is 4.98 Å². The van der Waals surface area contributed by atoms with E-state index in [1.807, 2.05) is 30.4 Å². The van der Waals surface area contributed by atoms with E-state index in [0.29, 0.717) is 27.7 Å². The Morgan fingerprint density at radius 3 is 2.45 bits per heavy atom. The SMILES string of the molecule is Cc1nc(-c2ccc(C(F)(F)F)cc2)sc1C(=O)NCC(c1ccsc1)N(C)C. The fourth-order valence-electron chi connectivity index (χ4n) is 2.87. The van der Waals surface area contributed by atoms with Crippen LogP contribution in [0.2, 0.25) is 0 Å². The van der Waals surface area contributed by atoms with Crippen molar-refractivity contribution < 1.29 is 18.0 Å². The smallest absolute Gasteiger partial charge is 0.349 e. The Labute approximate surface area is 175 Å². The zero-order valence-corrected chi connectivity index (χ0v) is 17.7. The van der Waals surface area contributed by atoms with E-state index in [0.717, 1.165) is 17.7 Å². The Kier molecular flexibility index (Phi) is 6.40. The quantitative estimate of drug-likeness (QED) is 0.572. The molecule has 4 nitrogen and oxygen atoms in total. The van der Waals surface area contributed by atoms with Gasteiger partial charge in [0.2, 0.25) is 0 Å². The van der Waals surface area contributed by atoms with Crippen LogP contribution in [0.15, 0.2) is 41.1 Å². The zero-order valence-electron chi connectivity index (χ0n) is 16.1. The lowest BCUT2D eigenvalue weighted by Crippen LogP contribution is -2.34. The van der Waals surface area contributed by atoms with Gasteiger partial charge in [-0.3, -0.25) is 4.79 Å². The number of carbonyl (C=O) groups excluding carboxylic acids is 1. The molecule has 3 rings (SSSR count). The van der Waals surface area contributed by atoms with Gasteiger partial charge >= 0.3 is 6.18 Å². The van der Waals surface area contributed by atoms with Crippen LogP contribution < -0.4 is 5.32 Å². The molecule has 2 heterocycles. The molecule has 1 unspecified atom stereocenters. The first-order chi connectivity index (χ1) is 13.7. The topological polar surface area (TPSA) is 45.2 Å². The molecule has 29 heavy (non-hydrogen) atoms. The molecule has 9 heteroatoms. The predicted octanol–water partition coefficient (Wildman–Crippen LogP) is 5.23. The minimum atomic E-state index is -4.38. The van der Waals surface area contributed by atoms with Crippen LogP contribution in [0.4, 0.5) is 13.2 Å². The van der Waals surface area contributed by atoms with Crippen molar-refractivity contribution in [1.82, 2.24) is 15.2 Å². The van der Waals surface area contributed by atoms with Crippen molar-refractivity contribution in [2.24, 2.45) is 0 Å². The summed E-state index contributed by atoms with van der Waals surface area (Å²) in [5.74, 6) is -0.236. The van der Waals surface area contributed by atoms with Crippen LogP contribution in [0.25, 0.3) is 10.6 Å². The van der Waals surface area contributed by atoms with Crippen molar-refractivity contribution in [3.63, 3.8) is 0 Å². The average molecular weight is 440 g/mol. The number of rotatable bonds is 6. The number of hydrogen-bond donors (Lipinski definition) is 1. The number of aryl methyl sites for hydroxylation is 1. The Morgan fingerprint density at radius 1 is 1.21 bits per heavy atom. The first kappa shape index (κ1) is 21.5. The van der Waals surface area contributed by atoms with Crippen molar-refractivity contribution in [3.05, 3.63) is 62.8 Å². The van der Waals surface area contributed by atoms with Crippen molar-refractivity contribution in [2.45, 2.75) is 19.1 Å². The fraction of sp³-hybridized carbons (Fsp3) is 0.300. The highest BCUT2D eigenvalue weighted by atomic mass is 32.1. The van der Waals surface area contributed by atoms with Crippen molar-refractivity contribution in [2.75, 3.05) is 20.6 Å². The molecule has 0 spiro atoms. The summed E-state index contributed by atoms with van der Waals surface area (Å²) in [7, 11) is 3.91. The lowest BCUT2D eigenvalue weighted by molar-refractivity contribution is -0.137. The largest absolute Gasteiger partial charge is 0.416 e. The van der Waals surface area contributed by atoms with Crippen LogP contribution in [0.1, 0.15) is 32.5 Å². The molecule has 2 aromatic heterocycles. The number of thiazole rings is 1. The number of likely N-dealkylation sites (N-methyl/N-ethyl adjacent to an activating group) is 1. The van der Waals surface area contributed by atoms with Gasteiger partial charge in [0.15, 0.2) is 0 Å². The molecule has 0 fully saturated rings. The zero-order chi connectivity index (χ0) is 21.2. The highest BCUT2D eigenvalue weighted by Crippen LogP contribution is 2.33. The van der Waals surface area contributed by atoms with Gasteiger partial charge in [0.25, 0.3) is 5.91 Å². The predicted molar refractivity (Wildman–Crippen MR) is 110 cm³/mol. The van der Waals surface area contributed by atoms with Crippen LogP contribution in [-0.2, 0) is 6.18 Å². The van der Waals surface area contributed by atoms with Crippen LogP contribution >= 0.6 is 22.7 Å². The molecule has 3 aromatic rings. The summed E-state index contributed by atoms with van der Waals surface area (Å²) in [5.41, 5.74) is 1.52. The van der Waals surface area contributed by atoms with Crippen LogP contribution in [-0.4, -0.2) is 36.4 Å². The molecule has 1 atom stereocenters. The number of amides is 1. The number of carbonyl (C=O) groups is 1. The molecule has 0 aliphatic rings. The van der Waals surface area contributed by atoms with Gasteiger partial charge < -0.3 is 10.2 Å². The maximum absolute atomic E-state index is 12.7. The van der Waals surface area contributed by atoms with E-state index in [1.54, 1.807) is 18.3 Å². The second-order valence-electron chi connectivity index (χ2n) is 6.75. The van der Waals surface area contributed by atoms with Crippen LogP contribution in [0, 0.1) is 6.92 Å². The Morgan fingerprint density at radius 2 is 1.90 bits per heavy atom. The number of nitrogens with zero attached hydrogens (tertiary/aromatic N) is 2. The normalized spacial score (nSPS) is 12.9. The van der Waals surface area contributed by atoms with E-state index < -0.39 is 11.7 Å². The van der Waals surface area contributed by atoms with Crippen LogP contribution in [0.3, 0.4) is 0 Å². The van der Waals surface area contributed by atoms with Gasteiger partial charge in [-0.2, -0.15) is 24.5 Å². The second kappa shape index (κ2) is 8.64. The van der Waals surface area contributed by atoms with E-state index >= 15 is 0 Å². The summed E-state index contributed by atoms with van der Waals surface area (Å²) in [4.78, 5) is 19.6. The third-order valence-electron chi connectivity index (χ3n) is 4.47. The Balaban J connectivity index is 1.73. The van der Waals surface area contributed by atoms with Crippen LogP contribution in [0.5, 0.6) is 0 Å². The summed E-state index contributed by atoms with van der Waals surface area (Å²) >= 11 is 2.78. The lowest BCUT2D eigenvalue weighted by Gasteiger charge is -2.23. The monoisotopic (exact) mass is 439 g/mol. The average Bonchev–Trinajstić information content (AvgIpc) is 3.31. The molecule has 0 bridgehead atoms. The molecule has 154 valence electrons. The number of alkyl halides is 3. The molecule has 0 saturated heterocycles. The van der Waals surface area contributed by atoms with Gasteiger partial charge in [-0.15, -0.1) is 11.3 Å². The second-order valence-corrected chi connectivity index (χ2v) is 8.53. The third kappa shape index (κ3) is 5.04. The number of thiophene rings is 1. The first-order valence-electron chi connectivity index (χ1n) is 8.78. The third-order valence-corrected chi connectivity index (χ3v) is 6.38. The number of hydrogen-bond acceptors (Lipinski definition) is 5. The maximum Gasteiger partial charge on any atom is 0.416 e. The van der Waals surface area contributed by atoms with E-state index in [1.165, 1.54) is 23.5 Å². The van der Waals surface area contributed by atoms with E-state index in [9.17, 15) is 18.0 Å². The van der Waals surface area contributed by atoms with E-state index in [4.69, 9.17) is 0 Å². The first-order valence-corrected chi connectivity index (χ1v) is 10.5. The highest BCUT2D eigenvalue weighted by molar-refractivity contribution is 7.17. The summed E-state index contributed by atoms with van der Waals surface area (Å²) in [6.07, 6.45) is -4.38. The van der Waals surface area contributed by atoms with Gasteiger partial charge in [0.05, 0.1) is 17.3 Å². The van der Waals surface area contributed by atoms with Crippen molar-refractivity contribution in [3.8, 4) is 10.6 Å². The van der Waals surface area contributed by atoms with E-state index in [2.05, 4.69) is 15.7 Å². The summed E-state index contributed by atoms with van der Waals surface area (Å²) in [6.45, 7) is 2.16. The summed E-state index contributed by atoms with van der Waals surface area (Å²) < 4.78 is 38.2. The molecule has 0 radical (unpaired) electrons. The Hall–Kier alpha value is -2.23. The molecular formula is C20H20F3N3OS2. The molecule has 1 aromatic carbocycles. The van der Waals surface area contributed by atoms with Gasteiger partial charge in [0.1, 0.15) is 9.88 Å². The summed E-state index contributed by atoms with van der Waals surface area (Å²) in [6, 6.07) is 6.88. The standard InChI is InChI=1S/C20H20F3N3OS2/c1-12-17(18(27)24-10-16(26(2)3)14-8-9-28-11-14)29-19(25-12)13-4-6-15(7-5-13)20(21,22)23/h4-9,11,16H,10H2,1-3H3,(H,24,27). The number of aromatic nitrogens is 1. The van der Waals surface area contributed by atoms with Gasteiger partial charge in [0, 0.05) is 12.1 Å². The van der Waals surface area contributed by atoms with E-state index in [-0.39, 0.29) is 11.9 Å². The molecule has 1 amide bonds. The molecule has 1 N–H and O–H groups in total. The summed E-state index contributed by atoms with van der Waals surface area (Å²) in [5, 5.41) is 7.52. The molecule has 0 saturated carbocycles. The number of halogens is 3. The van der Waals surface area contributed by atoms with Crippen molar-refractivity contribution in [1.29, 1.82) is 0 Å². The fourth-order valence-corrected chi connectivity index (χ4v) is 4.56. The van der Waals surface area contributed by atoms with Crippen molar-refractivity contribution >= 4 is 28.6 Å². The minimum Gasteiger partial charge on any atom is -0.349 e. The molecule has 0 aliphatic carbocycles. The minimum absolute atomic E-state index is 0.0489. The molecular weight excluding hydrogens is 419 g/mol. The van der Waals surface area contributed by atoms with Gasteiger partial charge in [-0.1, -0.05) is 12.1 Å². The number of nitrogens with one attached hydrogen (secondary N) is 1. The van der Waals surface area contributed by atoms with Gasteiger partial charge in [-0.05, 0) is 55.5 Å². The molecule has 0 aliphatic heterocycles. The Bertz CT molecular complexity index is 964. The number of benzene rings is 1. The highest BCUT2D eigenvalue weighted by Gasteiger charge is 2.30.